The van der Waals surface area contributed by atoms with Crippen LogP contribution in [0.2, 0.25) is 0 Å². The average molecular weight is 246 g/mol. The third-order valence-electron chi connectivity index (χ3n) is 2.50. The smallest absolute Gasteiger partial charge is 0.307 e. The summed E-state index contributed by atoms with van der Waals surface area (Å²) in [5, 5.41) is 8.75. The molecule has 0 saturated heterocycles. The van der Waals surface area contributed by atoms with Gasteiger partial charge < -0.3 is 10.8 Å². The zero-order valence-corrected chi connectivity index (χ0v) is 9.43. The van der Waals surface area contributed by atoms with E-state index in [4.69, 9.17) is 10.8 Å². The number of anilines is 1. The van der Waals surface area contributed by atoms with E-state index in [2.05, 4.69) is 4.98 Å². The van der Waals surface area contributed by atoms with Crippen LogP contribution in [0.25, 0.3) is 11.1 Å². The second kappa shape index (κ2) is 4.83. The Morgan fingerprint density at radius 1 is 1.33 bits per heavy atom. The van der Waals surface area contributed by atoms with Gasteiger partial charge >= 0.3 is 5.97 Å². The van der Waals surface area contributed by atoms with Gasteiger partial charge in [0.2, 0.25) is 0 Å². The highest BCUT2D eigenvalue weighted by molar-refractivity contribution is 5.74. The highest BCUT2D eigenvalue weighted by Crippen LogP contribution is 2.22. The van der Waals surface area contributed by atoms with Crippen LogP contribution >= 0.6 is 0 Å². The maximum atomic E-state index is 13.1. The van der Waals surface area contributed by atoms with Gasteiger partial charge in [0.05, 0.1) is 6.42 Å². The second-order valence-corrected chi connectivity index (χ2v) is 3.85. The molecule has 0 bridgehead atoms. The fourth-order valence-electron chi connectivity index (χ4n) is 1.65. The zero-order chi connectivity index (χ0) is 13.1. The molecule has 5 heteroatoms. The molecule has 3 N–H and O–H groups in total. The van der Waals surface area contributed by atoms with Crippen LogP contribution in [-0.2, 0) is 11.2 Å². The third kappa shape index (κ3) is 2.63. The van der Waals surface area contributed by atoms with E-state index in [0.29, 0.717) is 16.7 Å². The van der Waals surface area contributed by atoms with Gasteiger partial charge in [-0.05, 0) is 23.8 Å². The summed E-state index contributed by atoms with van der Waals surface area (Å²) in [5.74, 6) is -1.17. The number of halogens is 1. The van der Waals surface area contributed by atoms with Crippen LogP contribution < -0.4 is 5.73 Å². The molecule has 1 aromatic carbocycles. The molecular weight excluding hydrogens is 235 g/mol. The first-order valence-electron chi connectivity index (χ1n) is 5.28. The molecular formula is C13H11FN2O2. The number of nitrogens with zero attached hydrogens (tertiary/aromatic N) is 1. The molecule has 4 nitrogen and oxygen atoms in total. The van der Waals surface area contributed by atoms with E-state index in [0.717, 1.165) is 0 Å². The van der Waals surface area contributed by atoms with E-state index >= 15 is 0 Å². The number of hydrogen-bond donors (Lipinski definition) is 2. The number of rotatable bonds is 3. The number of carboxylic acid groups (broad SMARTS) is 1. The summed E-state index contributed by atoms with van der Waals surface area (Å²) in [7, 11) is 0. The van der Waals surface area contributed by atoms with Crippen molar-refractivity contribution in [3.63, 3.8) is 0 Å². The van der Waals surface area contributed by atoms with Crippen molar-refractivity contribution < 1.29 is 14.3 Å². The monoisotopic (exact) mass is 246 g/mol. The van der Waals surface area contributed by atoms with E-state index in [1.165, 1.54) is 18.3 Å². The van der Waals surface area contributed by atoms with Crippen LogP contribution in [0.4, 0.5) is 10.2 Å². The summed E-state index contributed by atoms with van der Waals surface area (Å²) in [6.07, 6.45) is 1.29. The number of benzene rings is 1. The lowest BCUT2D eigenvalue weighted by Crippen LogP contribution is -2.05. The number of hydrogen-bond acceptors (Lipinski definition) is 3. The molecule has 0 spiro atoms. The number of nitrogens with two attached hydrogens (primary N) is 1. The summed E-state index contributed by atoms with van der Waals surface area (Å²) < 4.78 is 13.1. The van der Waals surface area contributed by atoms with Crippen LogP contribution in [0.1, 0.15) is 5.56 Å². The molecule has 1 aromatic heterocycles. The molecule has 0 fully saturated rings. The predicted molar refractivity (Wildman–Crippen MR) is 65.4 cm³/mol. The van der Waals surface area contributed by atoms with Crippen molar-refractivity contribution in [1.82, 2.24) is 4.98 Å². The number of aromatic nitrogens is 1. The van der Waals surface area contributed by atoms with Gasteiger partial charge in [-0.3, -0.25) is 4.79 Å². The quantitative estimate of drug-likeness (QED) is 0.869. The Labute approximate surface area is 103 Å². The summed E-state index contributed by atoms with van der Waals surface area (Å²) >= 11 is 0. The van der Waals surface area contributed by atoms with Crippen molar-refractivity contribution in [3.05, 3.63) is 47.9 Å². The van der Waals surface area contributed by atoms with Crippen LogP contribution in [0.5, 0.6) is 0 Å². The number of nitrogen functional groups attached to an aromatic ring is 1. The fraction of sp³-hybridized carbons (Fsp3) is 0.0769. The Balaban J connectivity index is 2.43. The lowest BCUT2D eigenvalue weighted by molar-refractivity contribution is -0.136. The van der Waals surface area contributed by atoms with Gasteiger partial charge in [-0.25, -0.2) is 9.37 Å². The molecule has 0 unspecified atom stereocenters. The Hall–Kier alpha value is -2.43. The van der Waals surface area contributed by atoms with E-state index in [9.17, 15) is 9.18 Å². The van der Waals surface area contributed by atoms with Crippen molar-refractivity contribution in [2.75, 3.05) is 5.73 Å². The van der Waals surface area contributed by atoms with Gasteiger partial charge in [0, 0.05) is 17.3 Å². The Kier molecular flexibility index (Phi) is 3.23. The minimum atomic E-state index is -0.986. The van der Waals surface area contributed by atoms with Gasteiger partial charge in [0.25, 0.3) is 0 Å². The Morgan fingerprint density at radius 3 is 2.78 bits per heavy atom. The van der Waals surface area contributed by atoms with Crippen molar-refractivity contribution in [2.45, 2.75) is 6.42 Å². The highest BCUT2D eigenvalue weighted by Gasteiger charge is 2.08. The molecule has 0 saturated carbocycles. The van der Waals surface area contributed by atoms with E-state index < -0.39 is 5.97 Å². The Morgan fingerprint density at radius 2 is 2.11 bits per heavy atom. The molecule has 92 valence electrons. The molecule has 1 heterocycles. The van der Waals surface area contributed by atoms with E-state index in [-0.39, 0.29) is 18.1 Å². The fourth-order valence-corrected chi connectivity index (χ4v) is 1.65. The first-order valence-corrected chi connectivity index (χ1v) is 5.28. The van der Waals surface area contributed by atoms with Gasteiger partial charge in [-0.1, -0.05) is 12.1 Å². The SMILES string of the molecule is Nc1ncc(-c2cccc(F)c2)cc1CC(=O)O. The van der Waals surface area contributed by atoms with Crippen LogP contribution in [0.15, 0.2) is 36.5 Å². The van der Waals surface area contributed by atoms with Crippen molar-refractivity contribution >= 4 is 11.8 Å². The van der Waals surface area contributed by atoms with Gasteiger partial charge in [0.1, 0.15) is 11.6 Å². The second-order valence-electron chi connectivity index (χ2n) is 3.85. The normalized spacial score (nSPS) is 10.3. The first kappa shape index (κ1) is 12.0. The maximum absolute atomic E-state index is 13.1. The molecule has 0 radical (unpaired) electrons. The number of pyridine rings is 1. The summed E-state index contributed by atoms with van der Waals surface area (Å²) in [6.45, 7) is 0. The average Bonchev–Trinajstić information content (AvgIpc) is 2.31. The minimum absolute atomic E-state index is 0.178. The van der Waals surface area contributed by atoms with Crippen molar-refractivity contribution in [1.29, 1.82) is 0 Å². The topological polar surface area (TPSA) is 76.2 Å². The minimum Gasteiger partial charge on any atom is -0.481 e. The molecule has 0 aliphatic carbocycles. The lowest BCUT2D eigenvalue weighted by Gasteiger charge is -2.06. The van der Waals surface area contributed by atoms with Crippen LogP contribution in [-0.4, -0.2) is 16.1 Å². The zero-order valence-electron chi connectivity index (χ0n) is 9.43. The van der Waals surface area contributed by atoms with Gasteiger partial charge in [-0.15, -0.1) is 0 Å². The van der Waals surface area contributed by atoms with Crippen molar-refractivity contribution in [2.24, 2.45) is 0 Å². The standard InChI is InChI=1S/C13H11FN2O2/c14-11-3-1-2-8(5-11)10-4-9(6-12(17)18)13(15)16-7-10/h1-5,7H,6H2,(H2,15,16)(H,17,18). The first-order chi connectivity index (χ1) is 8.56. The molecule has 2 aromatic rings. The predicted octanol–water partition coefficient (Wildman–Crippen LogP) is 2.10. The van der Waals surface area contributed by atoms with Crippen LogP contribution in [0.3, 0.4) is 0 Å². The molecule has 0 atom stereocenters. The highest BCUT2D eigenvalue weighted by atomic mass is 19.1. The largest absolute Gasteiger partial charge is 0.481 e. The maximum Gasteiger partial charge on any atom is 0.307 e. The summed E-state index contributed by atoms with van der Waals surface area (Å²) in [4.78, 5) is 14.6. The number of carboxylic acids is 1. The van der Waals surface area contributed by atoms with E-state index in [1.807, 2.05) is 0 Å². The molecule has 0 aliphatic heterocycles. The van der Waals surface area contributed by atoms with Crippen LogP contribution in [0, 0.1) is 5.82 Å². The molecule has 18 heavy (non-hydrogen) atoms. The third-order valence-corrected chi connectivity index (χ3v) is 2.50. The van der Waals surface area contributed by atoms with Crippen molar-refractivity contribution in [3.8, 4) is 11.1 Å². The molecule has 0 aliphatic rings. The Bertz CT molecular complexity index is 599. The molecule has 0 amide bonds. The van der Waals surface area contributed by atoms with Gasteiger partial charge in [-0.2, -0.15) is 0 Å². The summed E-state index contributed by atoms with van der Waals surface area (Å²) in [6, 6.07) is 7.62. The van der Waals surface area contributed by atoms with E-state index in [1.54, 1.807) is 18.2 Å². The molecule has 2 rings (SSSR count). The number of carbonyl (C=O) groups is 1. The number of aliphatic carboxylic acids is 1. The lowest BCUT2D eigenvalue weighted by atomic mass is 10.0. The van der Waals surface area contributed by atoms with Gasteiger partial charge in [0.15, 0.2) is 0 Å². The summed E-state index contributed by atoms with van der Waals surface area (Å²) in [5.41, 5.74) is 7.29.